The average Bonchev–Trinajstić information content (AvgIpc) is 3.34. The fourth-order valence-corrected chi connectivity index (χ4v) is 6.69. The van der Waals surface area contributed by atoms with Gasteiger partial charge in [-0.1, -0.05) is 13.8 Å². The molecular weight excluding hydrogens is 468 g/mol. The Morgan fingerprint density at radius 3 is 2.42 bits per heavy atom. The molecule has 8 heteroatoms. The lowest BCUT2D eigenvalue weighted by atomic mass is 9.74. The predicted octanol–water partition coefficient (Wildman–Crippen LogP) is 5.17. The van der Waals surface area contributed by atoms with Crippen LogP contribution in [0.4, 0.5) is 5.82 Å². The van der Waals surface area contributed by atoms with E-state index in [1.807, 2.05) is 24.5 Å². The molecule has 36 heavy (non-hydrogen) atoms. The number of hydrogen-bond donors (Lipinski definition) is 3. The van der Waals surface area contributed by atoms with E-state index in [0.717, 1.165) is 49.0 Å². The molecule has 0 radical (unpaired) electrons. The summed E-state index contributed by atoms with van der Waals surface area (Å²) in [5, 5.41) is 4.63. The lowest BCUT2D eigenvalue weighted by Crippen LogP contribution is -2.40. The monoisotopic (exact) mass is 508 g/mol. The van der Waals surface area contributed by atoms with Gasteiger partial charge in [0.25, 0.3) is 0 Å². The standard InChI is InChI=1S/C23H28N4OS.C5H12N2/c1-11(2)18-19-14(5)21(16-6-15(7-16)9-28)29-23(19)27-20(18)17-8-25-22(26-10-24)13(4)12(17)3;1-7-4-2-6-3-5-7/h8-11,15-16,27H,6-7H2,1-5H3,(H2,24,25,26);6H,2-5H2,1H3. The van der Waals surface area contributed by atoms with E-state index in [0.29, 0.717) is 17.7 Å². The van der Waals surface area contributed by atoms with Gasteiger partial charge in [0.15, 0.2) is 5.82 Å². The van der Waals surface area contributed by atoms with Crippen LogP contribution in [0.25, 0.3) is 21.5 Å². The largest absolute Gasteiger partial charge is 0.390 e. The van der Waals surface area contributed by atoms with Crippen molar-refractivity contribution in [2.24, 2.45) is 16.6 Å². The van der Waals surface area contributed by atoms with Crippen molar-refractivity contribution in [3.05, 3.63) is 33.3 Å². The number of aromatic amines is 1. The molecule has 3 aromatic rings. The van der Waals surface area contributed by atoms with Crippen LogP contribution in [0.15, 0.2) is 11.2 Å². The summed E-state index contributed by atoms with van der Waals surface area (Å²) in [6.07, 6.45) is 6.28. The van der Waals surface area contributed by atoms with E-state index in [4.69, 9.17) is 5.73 Å². The lowest BCUT2D eigenvalue weighted by molar-refractivity contribution is -0.113. The van der Waals surface area contributed by atoms with Crippen LogP contribution < -0.4 is 11.1 Å². The highest BCUT2D eigenvalue weighted by Gasteiger charge is 2.34. The van der Waals surface area contributed by atoms with Gasteiger partial charge in [-0.2, -0.15) is 0 Å². The predicted molar refractivity (Wildman–Crippen MR) is 152 cm³/mol. The molecule has 4 heterocycles. The Balaban J connectivity index is 0.000000375. The number of hydrogen-bond acceptors (Lipinski definition) is 6. The minimum atomic E-state index is 0.242. The normalized spacial score (nSPS) is 20.5. The number of nitrogens with one attached hydrogen (secondary N) is 2. The van der Waals surface area contributed by atoms with Crippen LogP contribution in [0.1, 0.15) is 65.7 Å². The molecular formula is C28H40N6OS. The summed E-state index contributed by atoms with van der Waals surface area (Å²) in [5.74, 6) is 1.82. The van der Waals surface area contributed by atoms with Gasteiger partial charge in [-0.3, -0.25) is 0 Å². The number of nitrogens with two attached hydrogens (primary N) is 1. The van der Waals surface area contributed by atoms with Gasteiger partial charge in [-0.05, 0) is 74.8 Å². The van der Waals surface area contributed by atoms with E-state index in [-0.39, 0.29) is 5.92 Å². The number of carbonyl (C=O) groups is 1. The number of aldehydes is 1. The Morgan fingerprint density at radius 1 is 1.17 bits per heavy atom. The third-order valence-electron chi connectivity index (χ3n) is 7.70. The molecule has 5 rings (SSSR count). The van der Waals surface area contributed by atoms with Gasteiger partial charge in [-0.25, -0.2) is 9.98 Å². The topological polar surface area (TPSA) is 99.4 Å². The van der Waals surface area contributed by atoms with E-state index in [2.05, 4.69) is 59.9 Å². The van der Waals surface area contributed by atoms with Crippen molar-refractivity contribution >= 4 is 40.0 Å². The molecule has 0 unspecified atom stereocenters. The number of pyridine rings is 1. The van der Waals surface area contributed by atoms with Crippen LogP contribution in [0.5, 0.6) is 0 Å². The quantitative estimate of drug-likeness (QED) is 0.251. The molecule has 4 N–H and O–H groups in total. The first-order valence-corrected chi connectivity index (χ1v) is 13.8. The zero-order valence-electron chi connectivity index (χ0n) is 22.4. The Labute approximate surface area is 218 Å². The number of piperazine rings is 1. The smallest absolute Gasteiger partial charge is 0.156 e. The molecule has 2 aliphatic rings. The third kappa shape index (κ3) is 5.12. The minimum absolute atomic E-state index is 0.242. The SMILES string of the molecule is CN1CCNCC1.Cc1c(-c2[nH]c3sc(C4CC(C=O)C4)c(C)c3c2C(C)C)cnc(N=CN)c1C. The fourth-order valence-electron chi connectivity index (χ4n) is 5.33. The molecule has 0 spiro atoms. The van der Waals surface area contributed by atoms with Crippen LogP contribution in [-0.2, 0) is 4.79 Å². The molecule has 1 saturated carbocycles. The maximum Gasteiger partial charge on any atom is 0.156 e. The summed E-state index contributed by atoms with van der Waals surface area (Å²) < 4.78 is 0. The van der Waals surface area contributed by atoms with Gasteiger partial charge < -0.3 is 25.7 Å². The Morgan fingerprint density at radius 2 is 1.86 bits per heavy atom. The van der Waals surface area contributed by atoms with Crippen molar-refractivity contribution < 1.29 is 4.79 Å². The second-order valence-electron chi connectivity index (χ2n) is 10.5. The van der Waals surface area contributed by atoms with Crippen LogP contribution in [0.3, 0.4) is 0 Å². The van der Waals surface area contributed by atoms with E-state index in [1.54, 1.807) is 0 Å². The number of aliphatic imine (C=N–C) groups is 1. The number of carbonyl (C=O) groups excluding carboxylic acids is 1. The molecule has 1 aliphatic carbocycles. The number of rotatable bonds is 5. The molecule has 0 bridgehead atoms. The Bertz CT molecular complexity index is 1240. The molecule has 1 saturated heterocycles. The van der Waals surface area contributed by atoms with Crippen molar-refractivity contribution in [2.45, 2.75) is 59.3 Å². The molecule has 1 aliphatic heterocycles. The maximum absolute atomic E-state index is 11.0. The summed E-state index contributed by atoms with van der Waals surface area (Å²) in [6, 6.07) is 0. The van der Waals surface area contributed by atoms with Gasteiger partial charge in [0.05, 0.1) is 12.0 Å². The van der Waals surface area contributed by atoms with Crippen molar-refractivity contribution in [3.63, 3.8) is 0 Å². The first-order valence-electron chi connectivity index (χ1n) is 13.0. The van der Waals surface area contributed by atoms with Crippen LogP contribution in [-0.4, -0.2) is 60.7 Å². The number of nitrogens with zero attached hydrogens (tertiary/aromatic N) is 3. The Kier molecular flexibility index (Phi) is 8.27. The summed E-state index contributed by atoms with van der Waals surface area (Å²) in [7, 11) is 2.15. The van der Waals surface area contributed by atoms with E-state index in [9.17, 15) is 4.79 Å². The van der Waals surface area contributed by atoms with Gasteiger partial charge in [0.1, 0.15) is 11.1 Å². The second-order valence-corrected chi connectivity index (χ2v) is 11.6. The Hall–Kier alpha value is -2.55. The number of H-pyrrole nitrogens is 1. The van der Waals surface area contributed by atoms with Crippen molar-refractivity contribution in [1.82, 2.24) is 20.2 Å². The van der Waals surface area contributed by atoms with E-state index in [1.165, 1.54) is 51.2 Å². The first-order chi connectivity index (χ1) is 17.3. The first kappa shape index (κ1) is 26.5. The molecule has 0 aromatic carbocycles. The number of aryl methyl sites for hydroxylation is 1. The van der Waals surface area contributed by atoms with Crippen LogP contribution in [0.2, 0.25) is 0 Å². The number of fused-ring (bicyclic) bond motifs is 1. The molecule has 3 aromatic heterocycles. The van der Waals surface area contributed by atoms with Crippen molar-refractivity contribution in [2.75, 3.05) is 33.2 Å². The van der Waals surface area contributed by atoms with Crippen LogP contribution in [0, 0.1) is 26.7 Å². The van der Waals surface area contributed by atoms with E-state index >= 15 is 0 Å². The molecule has 2 fully saturated rings. The van der Waals surface area contributed by atoms with Gasteiger partial charge in [0.2, 0.25) is 0 Å². The highest BCUT2D eigenvalue weighted by molar-refractivity contribution is 7.19. The van der Waals surface area contributed by atoms with Gasteiger partial charge >= 0.3 is 0 Å². The number of likely N-dealkylation sites (N-methyl/N-ethyl adjacent to an activating group) is 1. The average molecular weight is 509 g/mol. The molecule has 7 nitrogen and oxygen atoms in total. The highest BCUT2D eigenvalue weighted by atomic mass is 32.1. The molecule has 0 amide bonds. The second kappa shape index (κ2) is 11.2. The molecule has 194 valence electrons. The maximum atomic E-state index is 11.0. The molecule has 0 atom stereocenters. The minimum Gasteiger partial charge on any atom is -0.390 e. The lowest BCUT2D eigenvalue weighted by Gasteiger charge is -2.31. The van der Waals surface area contributed by atoms with Gasteiger partial charge in [0, 0.05) is 54.1 Å². The summed E-state index contributed by atoms with van der Waals surface area (Å²) >= 11 is 1.86. The number of aromatic nitrogens is 2. The summed E-state index contributed by atoms with van der Waals surface area (Å²) in [6.45, 7) is 15.6. The fraction of sp³-hybridized carbons (Fsp3) is 0.536. The third-order valence-corrected chi connectivity index (χ3v) is 9.07. The van der Waals surface area contributed by atoms with Crippen LogP contribution >= 0.6 is 11.3 Å². The number of thiophene rings is 1. The van der Waals surface area contributed by atoms with Crippen molar-refractivity contribution in [3.8, 4) is 11.3 Å². The zero-order valence-corrected chi connectivity index (χ0v) is 23.3. The van der Waals surface area contributed by atoms with Crippen molar-refractivity contribution in [1.29, 1.82) is 0 Å². The summed E-state index contributed by atoms with van der Waals surface area (Å²) in [4.78, 5) is 28.4. The highest BCUT2D eigenvalue weighted by Crippen LogP contribution is 2.50. The van der Waals surface area contributed by atoms with Gasteiger partial charge in [-0.15, -0.1) is 11.3 Å². The van der Waals surface area contributed by atoms with E-state index < -0.39 is 0 Å². The zero-order chi connectivity index (χ0) is 26.0. The summed E-state index contributed by atoms with van der Waals surface area (Å²) in [5.41, 5.74) is 12.7.